The number of nitrogens with one attached hydrogen (secondary N) is 1. The lowest BCUT2D eigenvalue weighted by molar-refractivity contribution is 0.226. The molecule has 2 rings (SSSR count). The molecule has 0 heterocycles. The van der Waals surface area contributed by atoms with Gasteiger partial charge in [-0.1, -0.05) is 46.3 Å². The molecular formula is C15H15BrN2O. The Morgan fingerprint density at radius 3 is 2.53 bits per heavy atom. The van der Waals surface area contributed by atoms with Gasteiger partial charge in [-0.25, -0.2) is 0 Å². The molecule has 98 valence electrons. The van der Waals surface area contributed by atoms with Gasteiger partial charge in [0.25, 0.3) is 0 Å². The summed E-state index contributed by atoms with van der Waals surface area (Å²) in [5.41, 5.74) is 7.25. The van der Waals surface area contributed by atoms with E-state index in [4.69, 9.17) is 15.9 Å². The summed E-state index contributed by atoms with van der Waals surface area (Å²) in [5, 5.41) is 7.58. The fourth-order valence-electron chi connectivity index (χ4n) is 1.80. The second-order valence-corrected chi connectivity index (χ2v) is 5.14. The minimum absolute atomic E-state index is 0.00256. The molecule has 4 heteroatoms. The fraction of sp³-hybridized carbons (Fsp3) is 0.133. The van der Waals surface area contributed by atoms with Crippen LogP contribution in [0.15, 0.2) is 53.0 Å². The number of hydrogen-bond acceptors (Lipinski definition) is 2. The van der Waals surface area contributed by atoms with E-state index in [1.165, 1.54) is 0 Å². The van der Waals surface area contributed by atoms with Gasteiger partial charge in [0, 0.05) is 4.47 Å². The molecule has 0 aliphatic rings. The molecule has 3 nitrogen and oxygen atoms in total. The first-order chi connectivity index (χ1) is 9.08. The Morgan fingerprint density at radius 1 is 1.21 bits per heavy atom. The highest BCUT2D eigenvalue weighted by atomic mass is 79.9. The maximum absolute atomic E-state index is 7.58. The largest absolute Gasteiger partial charge is 0.485 e. The first-order valence-electron chi connectivity index (χ1n) is 5.93. The van der Waals surface area contributed by atoms with Crippen molar-refractivity contribution in [3.8, 4) is 5.75 Å². The van der Waals surface area contributed by atoms with E-state index in [0.717, 1.165) is 10.0 Å². The molecule has 0 saturated heterocycles. The van der Waals surface area contributed by atoms with Crippen LogP contribution in [0, 0.1) is 5.41 Å². The Hall–Kier alpha value is -1.81. The molecule has 0 aromatic heterocycles. The number of hydrogen-bond donors (Lipinski definition) is 2. The average molecular weight is 319 g/mol. The molecule has 0 aliphatic heterocycles. The number of ether oxygens (including phenoxy) is 1. The van der Waals surface area contributed by atoms with Crippen LogP contribution in [-0.4, -0.2) is 5.84 Å². The minimum Gasteiger partial charge on any atom is -0.485 e. The Labute approximate surface area is 121 Å². The van der Waals surface area contributed by atoms with Crippen molar-refractivity contribution in [3.63, 3.8) is 0 Å². The van der Waals surface area contributed by atoms with E-state index in [0.29, 0.717) is 11.3 Å². The van der Waals surface area contributed by atoms with E-state index >= 15 is 0 Å². The maximum atomic E-state index is 7.58. The fourth-order valence-corrected chi connectivity index (χ4v) is 2.14. The SMILES string of the molecule is CC(Oc1cc(Br)ccc1C(=N)N)c1ccccc1. The minimum atomic E-state index is -0.103. The third-order valence-corrected chi connectivity index (χ3v) is 3.30. The highest BCUT2D eigenvalue weighted by Crippen LogP contribution is 2.28. The monoisotopic (exact) mass is 318 g/mol. The topological polar surface area (TPSA) is 59.1 Å². The molecule has 0 aliphatic carbocycles. The van der Waals surface area contributed by atoms with Crippen LogP contribution in [0.4, 0.5) is 0 Å². The second kappa shape index (κ2) is 5.89. The van der Waals surface area contributed by atoms with Crippen LogP contribution < -0.4 is 10.5 Å². The van der Waals surface area contributed by atoms with Gasteiger partial charge in [0.2, 0.25) is 0 Å². The lowest BCUT2D eigenvalue weighted by atomic mass is 10.1. The van der Waals surface area contributed by atoms with E-state index in [1.54, 1.807) is 6.07 Å². The molecule has 0 saturated carbocycles. The highest BCUT2D eigenvalue weighted by molar-refractivity contribution is 9.10. The second-order valence-electron chi connectivity index (χ2n) is 4.22. The quantitative estimate of drug-likeness (QED) is 0.664. The molecule has 0 spiro atoms. The van der Waals surface area contributed by atoms with Gasteiger partial charge in [0.05, 0.1) is 5.56 Å². The molecule has 3 N–H and O–H groups in total. The Balaban J connectivity index is 2.28. The van der Waals surface area contributed by atoms with Crippen molar-refractivity contribution < 1.29 is 4.74 Å². The Kier molecular flexibility index (Phi) is 4.22. The van der Waals surface area contributed by atoms with Gasteiger partial charge in [-0.15, -0.1) is 0 Å². The maximum Gasteiger partial charge on any atom is 0.132 e. The third-order valence-electron chi connectivity index (χ3n) is 2.81. The Morgan fingerprint density at radius 2 is 1.89 bits per heavy atom. The molecule has 0 radical (unpaired) electrons. The zero-order valence-corrected chi connectivity index (χ0v) is 12.1. The van der Waals surface area contributed by atoms with E-state index in [9.17, 15) is 0 Å². The van der Waals surface area contributed by atoms with Gasteiger partial charge < -0.3 is 10.5 Å². The van der Waals surface area contributed by atoms with Crippen molar-refractivity contribution in [3.05, 3.63) is 64.1 Å². The lowest BCUT2D eigenvalue weighted by Gasteiger charge is -2.17. The van der Waals surface area contributed by atoms with Crippen LogP contribution >= 0.6 is 15.9 Å². The zero-order valence-electron chi connectivity index (χ0n) is 10.6. The summed E-state index contributed by atoms with van der Waals surface area (Å²) in [5.74, 6) is 0.612. The van der Waals surface area contributed by atoms with Crippen LogP contribution in [0.2, 0.25) is 0 Å². The zero-order chi connectivity index (χ0) is 13.8. The molecular weight excluding hydrogens is 304 g/mol. The van der Waals surface area contributed by atoms with Crippen molar-refractivity contribution in [1.29, 1.82) is 5.41 Å². The Bertz CT molecular complexity index is 584. The first kappa shape index (κ1) is 13.6. The lowest BCUT2D eigenvalue weighted by Crippen LogP contribution is -2.14. The standard InChI is InChI=1S/C15H15BrN2O/c1-10(11-5-3-2-4-6-11)19-14-9-12(16)7-8-13(14)15(17)18/h2-10H,1H3,(H3,17,18). The summed E-state index contributed by atoms with van der Waals surface area (Å²) in [7, 11) is 0. The number of nitrogen functional groups attached to an aromatic ring is 1. The summed E-state index contributed by atoms with van der Waals surface area (Å²) in [6.45, 7) is 1.97. The van der Waals surface area contributed by atoms with Crippen molar-refractivity contribution in [2.24, 2.45) is 5.73 Å². The van der Waals surface area contributed by atoms with E-state index < -0.39 is 0 Å². The molecule has 1 atom stereocenters. The molecule has 2 aromatic rings. The predicted molar refractivity (Wildman–Crippen MR) is 80.6 cm³/mol. The van der Waals surface area contributed by atoms with Crippen LogP contribution in [-0.2, 0) is 0 Å². The highest BCUT2D eigenvalue weighted by Gasteiger charge is 2.12. The number of amidine groups is 1. The molecule has 19 heavy (non-hydrogen) atoms. The van der Waals surface area contributed by atoms with Crippen molar-refractivity contribution in [1.82, 2.24) is 0 Å². The van der Waals surface area contributed by atoms with Crippen LogP contribution in [0.1, 0.15) is 24.2 Å². The number of benzene rings is 2. The van der Waals surface area contributed by atoms with Crippen LogP contribution in [0.3, 0.4) is 0 Å². The average Bonchev–Trinajstić information content (AvgIpc) is 2.39. The van der Waals surface area contributed by atoms with E-state index in [1.807, 2.05) is 49.4 Å². The molecule has 0 amide bonds. The van der Waals surface area contributed by atoms with Gasteiger partial charge in [-0.3, -0.25) is 5.41 Å². The van der Waals surface area contributed by atoms with Gasteiger partial charge >= 0.3 is 0 Å². The smallest absolute Gasteiger partial charge is 0.132 e. The van der Waals surface area contributed by atoms with Crippen molar-refractivity contribution >= 4 is 21.8 Å². The van der Waals surface area contributed by atoms with E-state index in [-0.39, 0.29) is 11.9 Å². The van der Waals surface area contributed by atoms with Crippen LogP contribution in [0.25, 0.3) is 0 Å². The summed E-state index contributed by atoms with van der Waals surface area (Å²) in [4.78, 5) is 0. The summed E-state index contributed by atoms with van der Waals surface area (Å²) >= 11 is 3.40. The molecule has 2 aromatic carbocycles. The van der Waals surface area contributed by atoms with Gasteiger partial charge in [-0.2, -0.15) is 0 Å². The molecule has 0 bridgehead atoms. The van der Waals surface area contributed by atoms with Gasteiger partial charge in [0.15, 0.2) is 0 Å². The molecule has 1 unspecified atom stereocenters. The van der Waals surface area contributed by atoms with Gasteiger partial charge in [0.1, 0.15) is 17.7 Å². The van der Waals surface area contributed by atoms with E-state index in [2.05, 4.69) is 15.9 Å². The summed E-state index contributed by atoms with van der Waals surface area (Å²) in [6.07, 6.45) is -0.103. The summed E-state index contributed by atoms with van der Waals surface area (Å²) < 4.78 is 6.82. The third kappa shape index (κ3) is 3.35. The van der Waals surface area contributed by atoms with Crippen molar-refractivity contribution in [2.45, 2.75) is 13.0 Å². The summed E-state index contributed by atoms with van der Waals surface area (Å²) in [6, 6.07) is 15.4. The van der Waals surface area contributed by atoms with Gasteiger partial charge in [-0.05, 0) is 30.7 Å². The normalized spacial score (nSPS) is 11.9. The van der Waals surface area contributed by atoms with Crippen LogP contribution in [0.5, 0.6) is 5.75 Å². The number of halogens is 1. The first-order valence-corrected chi connectivity index (χ1v) is 6.73. The number of nitrogens with two attached hydrogens (primary N) is 1. The predicted octanol–water partition coefficient (Wildman–Crippen LogP) is 3.87. The molecule has 0 fully saturated rings. The number of rotatable bonds is 4. The van der Waals surface area contributed by atoms with Crippen molar-refractivity contribution in [2.75, 3.05) is 0 Å².